The zero-order valence-electron chi connectivity index (χ0n) is 10.8. The van der Waals surface area contributed by atoms with Crippen molar-refractivity contribution in [1.82, 2.24) is 4.90 Å². The fourth-order valence-electron chi connectivity index (χ4n) is 2.73. The van der Waals surface area contributed by atoms with Crippen LogP contribution in [0.1, 0.15) is 32.1 Å². The Morgan fingerprint density at radius 3 is 3.12 bits per heavy atom. The Balaban J connectivity index is 1.63. The molecule has 3 nitrogen and oxygen atoms in total. The molecule has 4 heteroatoms. The summed E-state index contributed by atoms with van der Waals surface area (Å²) >= 11 is 1.97. The van der Waals surface area contributed by atoms with Gasteiger partial charge in [0.1, 0.15) is 0 Å². The standard InChI is InChI=1S/C13H25NO2S/c1-14-7-9-17-10-12(14)13(15)6-2-4-11-5-3-8-16-11/h11-13,15H,2-10H2,1H3. The molecule has 0 spiro atoms. The lowest BCUT2D eigenvalue weighted by atomic mass is 10.0. The monoisotopic (exact) mass is 259 g/mol. The molecular formula is C13H25NO2S. The predicted molar refractivity (Wildman–Crippen MR) is 72.6 cm³/mol. The van der Waals surface area contributed by atoms with Crippen LogP contribution >= 0.6 is 11.8 Å². The highest BCUT2D eigenvalue weighted by Crippen LogP contribution is 2.22. The molecule has 0 saturated carbocycles. The molecule has 0 radical (unpaired) electrons. The van der Waals surface area contributed by atoms with Crippen LogP contribution in [0.3, 0.4) is 0 Å². The molecule has 3 unspecified atom stereocenters. The summed E-state index contributed by atoms with van der Waals surface area (Å²) in [6.45, 7) is 2.05. The van der Waals surface area contributed by atoms with Gasteiger partial charge >= 0.3 is 0 Å². The van der Waals surface area contributed by atoms with E-state index in [2.05, 4.69) is 11.9 Å². The maximum atomic E-state index is 10.2. The maximum Gasteiger partial charge on any atom is 0.0703 e. The molecule has 0 bridgehead atoms. The van der Waals surface area contributed by atoms with Crippen molar-refractivity contribution >= 4 is 11.8 Å². The summed E-state index contributed by atoms with van der Waals surface area (Å²) in [7, 11) is 2.13. The number of hydrogen-bond acceptors (Lipinski definition) is 4. The highest BCUT2D eigenvalue weighted by Gasteiger charge is 2.26. The van der Waals surface area contributed by atoms with Gasteiger partial charge in [0, 0.05) is 30.7 Å². The van der Waals surface area contributed by atoms with Gasteiger partial charge in [0.05, 0.1) is 12.2 Å². The summed E-state index contributed by atoms with van der Waals surface area (Å²) in [6.07, 6.45) is 5.90. The van der Waals surface area contributed by atoms with Crippen LogP contribution in [0.5, 0.6) is 0 Å². The van der Waals surface area contributed by atoms with Gasteiger partial charge < -0.3 is 9.84 Å². The predicted octanol–water partition coefficient (Wildman–Crippen LogP) is 1.74. The molecule has 0 aromatic carbocycles. The third kappa shape index (κ3) is 4.12. The maximum absolute atomic E-state index is 10.2. The first-order valence-corrected chi connectivity index (χ1v) is 8.00. The lowest BCUT2D eigenvalue weighted by Gasteiger charge is -2.35. The summed E-state index contributed by atoms with van der Waals surface area (Å²) in [5.74, 6) is 2.28. The first kappa shape index (κ1) is 13.7. The molecule has 2 fully saturated rings. The van der Waals surface area contributed by atoms with E-state index in [1.807, 2.05) is 11.8 Å². The molecule has 2 heterocycles. The van der Waals surface area contributed by atoms with Crippen LogP contribution in [-0.4, -0.2) is 60.0 Å². The molecule has 100 valence electrons. The van der Waals surface area contributed by atoms with E-state index in [0.717, 1.165) is 38.2 Å². The van der Waals surface area contributed by atoms with E-state index in [-0.39, 0.29) is 6.10 Å². The van der Waals surface area contributed by atoms with Gasteiger partial charge in [0.25, 0.3) is 0 Å². The quantitative estimate of drug-likeness (QED) is 0.815. The summed E-state index contributed by atoms with van der Waals surface area (Å²) in [5.41, 5.74) is 0. The van der Waals surface area contributed by atoms with Crippen LogP contribution in [0, 0.1) is 0 Å². The minimum Gasteiger partial charge on any atom is -0.391 e. The van der Waals surface area contributed by atoms with Crippen molar-refractivity contribution in [2.24, 2.45) is 0 Å². The fourth-order valence-corrected chi connectivity index (χ4v) is 4.03. The van der Waals surface area contributed by atoms with Crippen molar-refractivity contribution in [2.75, 3.05) is 31.7 Å². The van der Waals surface area contributed by atoms with E-state index >= 15 is 0 Å². The van der Waals surface area contributed by atoms with Crippen molar-refractivity contribution in [2.45, 2.75) is 50.4 Å². The molecule has 17 heavy (non-hydrogen) atoms. The molecular weight excluding hydrogens is 234 g/mol. The fraction of sp³-hybridized carbons (Fsp3) is 1.00. The first-order valence-electron chi connectivity index (χ1n) is 6.85. The molecule has 2 saturated heterocycles. The van der Waals surface area contributed by atoms with E-state index in [1.54, 1.807) is 0 Å². The number of ether oxygens (including phenoxy) is 1. The third-order valence-corrected chi connectivity index (χ3v) is 4.99. The second kappa shape index (κ2) is 6.98. The van der Waals surface area contributed by atoms with E-state index in [1.165, 1.54) is 18.6 Å². The van der Waals surface area contributed by atoms with Crippen LogP contribution in [-0.2, 0) is 4.74 Å². The van der Waals surface area contributed by atoms with E-state index < -0.39 is 0 Å². The number of nitrogens with zero attached hydrogens (tertiary/aromatic N) is 1. The second-order valence-electron chi connectivity index (χ2n) is 5.26. The molecule has 2 aliphatic heterocycles. The van der Waals surface area contributed by atoms with Crippen LogP contribution in [0.2, 0.25) is 0 Å². The van der Waals surface area contributed by atoms with Gasteiger partial charge in [-0.2, -0.15) is 11.8 Å². The van der Waals surface area contributed by atoms with Crippen LogP contribution in [0.25, 0.3) is 0 Å². The second-order valence-corrected chi connectivity index (χ2v) is 6.41. The zero-order chi connectivity index (χ0) is 12.1. The zero-order valence-corrected chi connectivity index (χ0v) is 11.6. The Morgan fingerprint density at radius 2 is 2.41 bits per heavy atom. The van der Waals surface area contributed by atoms with Crippen molar-refractivity contribution in [3.63, 3.8) is 0 Å². The number of rotatable bonds is 5. The van der Waals surface area contributed by atoms with Crippen molar-refractivity contribution in [3.8, 4) is 0 Å². The van der Waals surface area contributed by atoms with Crippen LogP contribution in [0.15, 0.2) is 0 Å². The summed E-state index contributed by atoms with van der Waals surface area (Å²) in [6, 6.07) is 0.359. The first-order chi connectivity index (χ1) is 8.27. The lowest BCUT2D eigenvalue weighted by Crippen LogP contribution is -2.47. The number of thioether (sulfide) groups is 1. The molecule has 2 rings (SSSR count). The van der Waals surface area contributed by atoms with Crippen LogP contribution in [0.4, 0.5) is 0 Å². The third-order valence-electron chi connectivity index (χ3n) is 3.94. The number of aliphatic hydroxyl groups excluding tert-OH is 1. The minimum atomic E-state index is -0.158. The lowest BCUT2D eigenvalue weighted by molar-refractivity contribution is 0.0588. The normalized spacial score (nSPS) is 32.8. The summed E-state index contributed by atoms with van der Waals surface area (Å²) in [5, 5.41) is 10.2. The van der Waals surface area contributed by atoms with E-state index in [0.29, 0.717) is 12.1 Å². The Labute approximate surface area is 109 Å². The largest absolute Gasteiger partial charge is 0.391 e. The van der Waals surface area contributed by atoms with Crippen molar-refractivity contribution < 1.29 is 9.84 Å². The molecule has 1 N–H and O–H groups in total. The molecule has 0 aromatic heterocycles. The number of aliphatic hydroxyl groups is 1. The average Bonchev–Trinajstić information content (AvgIpc) is 2.82. The van der Waals surface area contributed by atoms with Crippen molar-refractivity contribution in [1.29, 1.82) is 0 Å². The smallest absolute Gasteiger partial charge is 0.0703 e. The highest BCUT2D eigenvalue weighted by atomic mass is 32.2. The van der Waals surface area contributed by atoms with E-state index in [4.69, 9.17) is 4.74 Å². The molecule has 0 amide bonds. The SMILES string of the molecule is CN1CCSCC1C(O)CCCC1CCCO1. The van der Waals surface area contributed by atoms with E-state index in [9.17, 15) is 5.11 Å². The topological polar surface area (TPSA) is 32.7 Å². The Kier molecular flexibility index (Phi) is 5.60. The molecule has 0 aromatic rings. The van der Waals surface area contributed by atoms with Gasteiger partial charge in [-0.1, -0.05) is 0 Å². The average molecular weight is 259 g/mol. The van der Waals surface area contributed by atoms with Gasteiger partial charge in [0.2, 0.25) is 0 Å². The van der Waals surface area contributed by atoms with Gasteiger partial charge in [-0.05, 0) is 39.2 Å². The Morgan fingerprint density at radius 1 is 1.53 bits per heavy atom. The summed E-state index contributed by atoms with van der Waals surface area (Å²) < 4.78 is 5.61. The Hall–Kier alpha value is 0.230. The molecule has 2 aliphatic rings. The van der Waals surface area contributed by atoms with Gasteiger partial charge in [-0.3, -0.25) is 4.90 Å². The van der Waals surface area contributed by atoms with Gasteiger partial charge in [0.15, 0.2) is 0 Å². The van der Waals surface area contributed by atoms with Crippen molar-refractivity contribution in [3.05, 3.63) is 0 Å². The number of likely N-dealkylation sites (N-methyl/N-ethyl adjacent to an activating group) is 1. The van der Waals surface area contributed by atoms with Crippen LogP contribution < -0.4 is 0 Å². The molecule has 0 aliphatic carbocycles. The van der Waals surface area contributed by atoms with Gasteiger partial charge in [-0.15, -0.1) is 0 Å². The van der Waals surface area contributed by atoms with Gasteiger partial charge in [-0.25, -0.2) is 0 Å². The molecule has 3 atom stereocenters. The Bertz CT molecular complexity index is 221. The summed E-state index contributed by atoms with van der Waals surface area (Å²) in [4.78, 5) is 2.31. The number of hydrogen-bond donors (Lipinski definition) is 1. The minimum absolute atomic E-state index is 0.158. The highest BCUT2D eigenvalue weighted by molar-refractivity contribution is 7.99.